The number of aldehydes is 1. The Hall–Kier alpha value is -3.23. The lowest BCUT2D eigenvalue weighted by molar-refractivity contribution is -0.154. The van der Waals surface area contributed by atoms with Crippen LogP contribution in [-0.4, -0.2) is 64.9 Å². The van der Waals surface area contributed by atoms with E-state index >= 15 is 0 Å². The zero-order valence-electron chi connectivity index (χ0n) is 25.0. The van der Waals surface area contributed by atoms with Crippen LogP contribution >= 0.6 is 0 Å². The molecule has 226 valence electrons. The molecule has 1 aromatic carbocycles. The topological polar surface area (TPSA) is 108 Å². The highest BCUT2D eigenvalue weighted by Crippen LogP contribution is 2.48. The first-order valence-corrected chi connectivity index (χ1v) is 15.8. The van der Waals surface area contributed by atoms with Crippen LogP contribution in [0.5, 0.6) is 11.6 Å². The van der Waals surface area contributed by atoms with E-state index in [1.807, 2.05) is 25.1 Å². The normalized spacial score (nSPS) is 31.7. The van der Waals surface area contributed by atoms with Crippen molar-refractivity contribution in [3.63, 3.8) is 0 Å². The van der Waals surface area contributed by atoms with Gasteiger partial charge in [0.1, 0.15) is 29.9 Å². The van der Waals surface area contributed by atoms with Crippen molar-refractivity contribution >= 4 is 29.2 Å². The Morgan fingerprint density at radius 3 is 2.60 bits per heavy atom. The minimum atomic E-state index is -0.641. The Kier molecular flexibility index (Phi) is 8.11. The molecule has 0 radical (unpaired) electrons. The van der Waals surface area contributed by atoms with Crippen LogP contribution in [-0.2, 0) is 25.5 Å². The zero-order chi connectivity index (χ0) is 29.4. The molecule has 3 heterocycles. The second kappa shape index (κ2) is 11.8. The smallest absolute Gasteiger partial charge is 0.306 e. The lowest BCUT2D eigenvalue weighted by Gasteiger charge is -2.36. The first-order chi connectivity index (χ1) is 20.3. The summed E-state index contributed by atoms with van der Waals surface area (Å²) in [5.74, 6) is 0.336. The number of methoxy groups -OCH3 is 1. The van der Waals surface area contributed by atoms with Gasteiger partial charge in [-0.15, -0.1) is 0 Å². The van der Waals surface area contributed by atoms with Crippen molar-refractivity contribution in [2.24, 2.45) is 23.2 Å². The average Bonchev–Trinajstić information content (AvgIpc) is 3.41. The number of esters is 1. The highest BCUT2D eigenvalue weighted by Gasteiger charge is 2.50. The van der Waals surface area contributed by atoms with Gasteiger partial charge >= 0.3 is 5.97 Å². The van der Waals surface area contributed by atoms with E-state index in [0.29, 0.717) is 29.5 Å². The number of aromatic nitrogens is 2. The van der Waals surface area contributed by atoms with Crippen molar-refractivity contribution in [2.45, 2.75) is 103 Å². The number of ether oxygens (including phenoxy) is 3. The van der Waals surface area contributed by atoms with Crippen LogP contribution in [0.15, 0.2) is 18.2 Å². The Morgan fingerprint density at radius 2 is 1.83 bits per heavy atom. The molecular formula is C33H43N3O6. The van der Waals surface area contributed by atoms with E-state index in [1.54, 1.807) is 12.0 Å². The van der Waals surface area contributed by atoms with Crippen molar-refractivity contribution in [2.75, 3.05) is 13.7 Å². The summed E-state index contributed by atoms with van der Waals surface area (Å²) >= 11 is 0. The maximum absolute atomic E-state index is 14.3. The zero-order valence-corrected chi connectivity index (χ0v) is 25.0. The van der Waals surface area contributed by atoms with Gasteiger partial charge in [-0.1, -0.05) is 39.5 Å². The summed E-state index contributed by atoms with van der Waals surface area (Å²) in [7, 11) is 1.62. The standard InChI is InChI=1S/C33H43N3O6/c1-20-27(19-37)36-18-29(20)42-31-25(34-24-12-11-22(40-3)16-26(24)35-31)10-6-4-5-9-21-15-28(21)41-30(38)17-23(32(36)39)33(2)13-7-8-14-33/h11-12,16,19-21,23,27-29H,4-10,13-15,17-18H2,1-3H3/t20-,21+,23+,27+,28+,29-/m0/s1. The fraction of sp³-hybridized carbons (Fsp3) is 0.667. The number of benzene rings is 1. The molecule has 6 atom stereocenters. The Morgan fingerprint density at radius 1 is 1.02 bits per heavy atom. The fourth-order valence-corrected chi connectivity index (χ4v) is 7.44. The molecule has 0 unspecified atom stereocenters. The van der Waals surface area contributed by atoms with Crippen molar-refractivity contribution < 1.29 is 28.6 Å². The van der Waals surface area contributed by atoms with Gasteiger partial charge in [-0.05, 0) is 62.0 Å². The van der Waals surface area contributed by atoms with Crippen molar-refractivity contribution in [3.05, 3.63) is 23.9 Å². The SMILES string of the molecule is COc1ccc2nc3c(nc2c1)O[C@H]1CN(C(=O)[C@H](C2(C)CCCC2)CC(=O)O[C@@H]2C[C@H]2CCCCC3)[C@H](C=O)[C@@H]1C. The van der Waals surface area contributed by atoms with Crippen molar-refractivity contribution in [3.8, 4) is 11.6 Å². The number of nitrogens with zero attached hydrogens (tertiary/aromatic N) is 3. The molecule has 1 aromatic heterocycles. The number of amides is 1. The van der Waals surface area contributed by atoms with Gasteiger partial charge in [0.25, 0.3) is 0 Å². The highest BCUT2D eigenvalue weighted by molar-refractivity contribution is 5.87. The predicted octanol–water partition coefficient (Wildman–Crippen LogP) is 5.07. The van der Waals surface area contributed by atoms with Crippen molar-refractivity contribution in [1.29, 1.82) is 0 Å². The molecule has 9 heteroatoms. The lowest BCUT2D eigenvalue weighted by Crippen LogP contribution is -2.47. The third-order valence-corrected chi connectivity index (χ3v) is 10.3. The van der Waals surface area contributed by atoms with Crippen LogP contribution in [0, 0.1) is 23.2 Å². The van der Waals surface area contributed by atoms with E-state index in [9.17, 15) is 14.4 Å². The Balaban J connectivity index is 1.34. The summed E-state index contributed by atoms with van der Waals surface area (Å²) in [6.07, 6.45) is 9.96. The molecule has 2 saturated carbocycles. The number of carbonyl (C=O) groups excluding carboxylic acids is 3. The monoisotopic (exact) mass is 577 g/mol. The molecule has 3 fully saturated rings. The summed E-state index contributed by atoms with van der Waals surface area (Å²) in [5, 5.41) is 0. The Labute approximate surface area is 247 Å². The number of aryl methyl sites for hydroxylation is 1. The fourth-order valence-electron chi connectivity index (χ4n) is 7.44. The van der Waals surface area contributed by atoms with Gasteiger partial charge in [0.2, 0.25) is 11.8 Å². The molecule has 1 amide bonds. The lowest BCUT2D eigenvalue weighted by atomic mass is 9.73. The van der Waals surface area contributed by atoms with Crippen LogP contribution in [0.1, 0.15) is 83.7 Å². The van der Waals surface area contributed by atoms with Gasteiger partial charge in [0, 0.05) is 12.0 Å². The third kappa shape index (κ3) is 5.71. The molecule has 4 aliphatic rings. The second-order valence-corrected chi connectivity index (χ2v) is 13.2. The third-order valence-electron chi connectivity index (χ3n) is 10.3. The summed E-state index contributed by atoms with van der Waals surface area (Å²) in [6, 6.07) is 4.99. The average molecular weight is 578 g/mol. The summed E-state index contributed by atoms with van der Waals surface area (Å²) in [6.45, 7) is 4.33. The summed E-state index contributed by atoms with van der Waals surface area (Å²) in [5.41, 5.74) is 1.94. The van der Waals surface area contributed by atoms with Crippen LogP contribution < -0.4 is 9.47 Å². The van der Waals surface area contributed by atoms with Gasteiger partial charge in [-0.25, -0.2) is 9.97 Å². The van der Waals surface area contributed by atoms with Crippen LogP contribution in [0.2, 0.25) is 0 Å². The predicted molar refractivity (Wildman–Crippen MR) is 156 cm³/mol. The molecule has 2 aliphatic carbocycles. The molecular weight excluding hydrogens is 534 g/mol. The highest BCUT2D eigenvalue weighted by atomic mass is 16.5. The minimum absolute atomic E-state index is 0.0363. The number of hydrogen-bond donors (Lipinski definition) is 0. The maximum atomic E-state index is 14.3. The second-order valence-electron chi connectivity index (χ2n) is 13.2. The molecule has 42 heavy (non-hydrogen) atoms. The van der Waals surface area contributed by atoms with Crippen LogP contribution in [0.4, 0.5) is 0 Å². The Bertz CT molecular complexity index is 1340. The van der Waals surface area contributed by atoms with Crippen molar-refractivity contribution in [1.82, 2.24) is 14.9 Å². The van der Waals surface area contributed by atoms with Crippen LogP contribution in [0.3, 0.4) is 0 Å². The first kappa shape index (κ1) is 28.9. The molecule has 0 spiro atoms. The van der Waals surface area contributed by atoms with E-state index in [4.69, 9.17) is 24.2 Å². The van der Waals surface area contributed by atoms with Gasteiger partial charge < -0.3 is 23.9 Å². The van der Waals surface area contributed by atoms with E-state index in [2.05, 4.69) is 6.92 Å². The first-order valence-electron chi connectivity index (χ1n) is 15.8. The number of hydrogen-bond acceptors (Lipinski definition) is 8. The van der Waals surface area contributed by atoms with Gasteiger partial charge in [-0.3, -0.25) is 9.59 Å². The molecule has 2 aliphatic heterocycles. The van der Waals surface area contributed by atoms with Crippen LogP contribution in [0.25, 0.3) is 11.0 Å². The number of rotatable bonds is 3. The maximum Gasteiger partial charge on any atom is 0.306 e. The molecule has 0 N–H and O–H groups in total. The minimum Gasteiger partial charge on any atom is -0.497 e. The van der Waals surface area contributed by atoms with E-state index in [1.165, 1.54) is 0 Å². The molecule has 1 saturated heterocycles. The number of carbonyl (C=O) groups is 3. The summed E-state index contributed by atoms with van der Waals surface area (Å²) < 4.78 is 17.9. The molecule has 2 bridgehead atoms. The van der Waals surface area contributed by atoms with Gasteiger partial charge in [0.05, 0.1) is 43.1 Å². The molecule has 9 nitrogen and oxygen atoms in total. The van der Waals surface area contributed by atoms with E-state index < -0.39 is 18.1 Å². The largest absolute Gasteiger partial charge is 0.497 e. The van der Waals surface area contributed by atoms with E-state index in [-0.39, 0.29) is 42.3 Å². The quantitative estimate of drug-likeness (QED) is 0.368. The summed E-state index contributed by atoms with van der Waals surface area (Å²) in [4.78, 5) is 51.4. The van der Waals surface area contributed by atoms with Gasteiger partial charge in [0.15, 0.2) is 0 Å². The molecule has 6 rings (SSSR count). The van der Waals surface area contributed by atoms with Gasteiger partial charge in [-0.2, -0.15) is 0 Å². The number of fused-ring (bicyclic) bond motifs is 5. The van der Waals surface area contributed by atoms with E-state index in [0.717, 1.165) is 75.3 Å². The molecule has 2 aromatic rings.